The summed E-state index contributed by atoms with van der Waals surface area (Å²) < 4.78 is 59.6. The zero-order valence-electron chi connectivity index (χ0n) is 18.7. The van der Waals surface area contributed by atoms with Crippen molar-refractivity contribution in [1.82, 2.24) is 9.55 Å². The monoisotopic (exact) mass is 601 g/mol. The smallest absolute Gasteiger partial charge is 0.394 e. The maximum absolute atomic E-state index is 12.7. The highest BCUT2D eigenvalue weighted by Crippen LogP contribution is 2.59. The van der Waals surface area contributed by atoms with E-state index in [9.17, 15) is 43.6 Å². The molecule has 0 aliphatic carbocycles. The first-order chi connectivity index (χ1) is 16.9. The number of aliphatic hydroxyl groups is 4. The van der Waals surface area contributed by atoms with Crippen LogP contribution in [0.3, 0.4) is 0 Å². The Labute approximate surface area is 207 Å². The maximum atomic E-state index is 12.7. The quantitative estimate of drug-likeness (QED) is 0.0993. The van der Waals surface area contributed by atoms with Crippen molar-refractivity contribution in [1.29, 1.82) is 0 Å². The summed E-state index contributed by atoms with van der Waals surface area (Å²) >= 11 is 0. The SMILES string of the molecule is COC([C@H](O)[C@H](O)CO)P(=O)(O)OC[C@H]1O[C@@H](n2ccc(N)nc2=O)[C@H](O)[C@@H]1OP(=O)(O)OP(=O)(O)O. The van der Waals surface area contributed by atoms with E-state index in [4.69, 9.17) is 29.9 Å². The third kappa shape index (κ3) is 8.42. The predicted molar refractivity (Wildman–Crippen MR) is 116 cm³/mol. The highest BCUT2D eigenvalue weighted by molar-refractivity contribution is 7.60. The summed E-state index contributed by atoms with van der Waals surface area (Å²) in [7, 11) is -15.4. The molecule has 20 nitrogen and oxygen atoms in total. The Bertz CT molecular complexity index is 1130. The Hall–Kier alpha value is -1.15. The zero-order chi connectivity index (χ0) is 28.3. The molecule has 10 N–H and O–H groups in total. The van der Waals surface area contributed by atoms with E-state index < -0.39 is 84.7 Å². The molecule has 23 heteroatoms. The molecule has 37 heavy (non-hydrogen) atoms. The lowest BCUT2D eigenvalue weighted by atomic mass is 10.1. The third-order valence-corrected chi connectivity index (χ3v) is 8.62. The molecule has 1 fully saturated rings. The summed E-state index contributed by atoms with van der Waals surface area (Å²) in [6.07, 6.45) is -10.8. The number of anilines is 1. The molecule has 0 spiro atoms. The number of nitrogen functional groups attached to an aromatic ring is 1. The number of ether oxygens (including phenoxy) is 2. The Morgan fingerprint density at radius 1 is 1.22 bits per heavy atom. The van der Waals surface area contributed by atoms with Crippen LogP contribution in [-0.2, 0) is 36.5 Å². The van der Waals surface area contributed by atoms with Crippen molar-refractivity contribution >= 4 is 29.1 Å². The van der Waals surface area contributed by atoms with Crippen molar-refractivity contribution in [2.45, 2.75) is 42.6 Å². The largest absolute Gasteiger partial charge is 0.481 e. The summed E-state index contributed by atoms with van der Waals surface area (Å²) in [6.45, 7) is -2.12. The van der Waals surface area contributed by atoms with Crippen LogP contribution in [0.1, 0.15) is 6.23 Å². The van der Waals surface area contributed by atoms with Gasteiger partial charge in [0.25, 0.3) is 0 Å². The first-order valence-electron chi connectivity index (χ1n) is 9.85. The topological polar surface area (TPSA) is 320 Å². The molecule has 1 aliphatic rings. The lowest BCUT2D eigenvalue weighted by molar-refractivity contribution is -0.0754. The van der Waals surface area contributed by atoms with Gasteiger partial charge in [0, 0.05) is 13.3 Å². The molecule has 2 rings (SSSR count). The summed E-state index contributed by atoms with van der Waals surface area (Å²) in [5.74, 6) is -2.34. The molecular formula is C14H26N3O17P3. The molecule has 1 aliphatic heterocycles. The molecule has 0 radical (unpaired) electrons. The average Bonchev–Trinajstić information content (AvgIpc) is 3.05. The van der Waals surface area contributed by atoms with Gasteiger partial charge < -0.3 is 59.7 Å². The third-order valence-electron chi connectivity index (χ3n) is 4.76. The summed E-state index contributed by atoms with van der Waals surface area (Å²) in [5, 5.41) is 39.1. The van der Waals surface area contributed by atoms with Gasteiger partial charge in [-0.25, -0.2) is 13.9 Å². The minimum atomic E-state index is -5.64. The molecule has 0 amide bonds. The van der Waals surface area contributed by atoms with E-state index in [2.05, 4.69) is 18.6 Å². The highest BCUT2D eigenvalue weighted by atomic mass is 31.3. The number of aliphatic hydroxyl groups excluding tert-OH is 4. The van der Waals surface area contributed by atoms with Crippen LogP contribution in [0.2, 0.25) is 0 Å². The lowest BCUT2D eigenvalue weighted by Gasteiger charge is -2.29. The van der Waals surface area contributed by atoms with E-state index in [1.807, 2.05) is 0 Å². The van der Waals surface area contributed by atoms with E-state index >= 15 is 0 Å². The van der Waals surface area contributed by atoms with Gasteiger partial charge in [0.2, 0.25) is 0 Å². The number of hydrogen-bond acceptors (Lipinski definition) is 15. The molecule has 1 aromatic heterocycles. The van der Waals surface area contributed by atoms with Gasteiger partial charge in [-0.2, -0.15) is 9.29 Å². The van der Waals surface area contributed by atoms with E-state index in [1.54, 1.807) is 0 Å². The fraction of sp³-hybridized carbons (Fsp3) is 0.714. The first kappa shape index (κ1) is 32.1. The maximum Gasteiger partial charge on any atom is 0.481 e. The summed E-state index contributed by atoms with van der Waals surface area (Å²) in [4.78, 5) is 53.2. The van der Waals surface area contributed by atoms with Crippen molar-refractivity contribution in [2.24, 2.45) is 0 Å². The van der Waals surface area contributed by atoms with Gasteiger partial charge in [-0.15, -0.1) is 0 Å². The van der Waals surface area contributed by atoms with Gasteiger partial charge >= 0.3 is 28.9 Å². The predicted octanol–water partition coefficient (Wildman–Crippen LogP) is -3.43. The minimum absolute atomic E-state index is 0.216. The van der Waals surface area contributed by atoms with Gasteiger partial charge in [-0.1, -0.05) is 0 Å². The number of aromatic nitrogens is 2. The first-order valence-corrected chi connectivity index (χ1v) is 14.5. The Balaban J connectivity index is 2.35. The van der Waals surface area contributed by atoms with Crippen molar-refractivity contribution in [3.05, 3.63) is 22.7 Å². The Morgan fingerprint density at radius 2 is 1.84 bits per heavy atom. The fourth-order valence-corrected chi connectivity index (χ4v) is 6.31. The van der Waals surface area contributed by atoms with Crippen LogP contribution < -0.4 is 11.4 Å². The summed E-state index contributed by atoms with van der Waals surface area (Å²) in [6, 6.07) is 1.12. The van der Waals surface area contributed by atoms with E-state index in [0.29, 0.717) is 4.57 Å². The minimum Gasteiger partial charge on any atom is -0.394 e. The second kappa shape index (κ2) is 12.4. The van der Waals surface area contributed by atoms with Gasteiger partial charge in [0.15, 0.2) is 12.1 Å². The fourth-order valence-electron chi connectivity index (χ4n) is 3.16. The molecule has 0 aromatic carbocycles. The van der Waals surface area contributed by atoms with Crippen LogP contribution in [0, 0.1) is 0 Å². The molecule has 2 heterocycles. The zero-order valence-corrected chi connectivity index (χ0v) is 21.4. The molecular weight excluding hydrogens is 575 g/mol. The highest BCUT2D eigenvalue weighted by Gasteiger charge is 2.52. The lowest BCUT2D eigenvalue weighted by Crippen LogP contribution is -2.41. The number of phosphoric acid groups is 2. The Kier molecular flexibility index (Phi) is 10.7. The number of rotatable bonds is 13. The van der Waals surface area contributed by atoms with Gasteiger partial charge in [-0.05, 0) is 6.07 Å². The van der Waals surface area contributed by atoms with Crippen LogP contribution in [0.25, 0.3) is 0 Å². The number of nitrogens with two attached hydrogens (primary N) is 1. The number of phosphoric ester groups is 1. The van der Waals surface area contributed by atoms with Crippen LogP contribution in [0.15, 0.2) is 17.1 Å². The van der Waals surface area contributed by atoms with Crippen LogP contribution >= 0.6 is 23.2 Å². The summed E-state index contributed by atoms with van der Waals surface area (Å²) in [5.41, 5.74) is 4.32. The molecule has 3 unspecified atom stereocenters. The van der Waals surface area contributed by atoms with Crippen molar-refractivity contribution in [3.8, 4) is 0 Å². The standard InChI is InChI=1S/C14H26N3O17P3/c1-30-13(9(20)6(19)4-18)35(23,24)31-5-7-11(33-37(28,29)34-36(25,26)27)10(21)12(32-7)17-3-2-8(15)16-14(17)22/h2-3,6-7,9-13,18-21H,4-5H2,1H3,(H,23,24)(H,28,29)(H2,15,16,22)(H2,25,26,27)/t6-,7-,9-,10-,11-,12-,13?/m1/s1. The van der Waals surface area contributed by atoms with E-state index in [1.165, 1.54) is 0 Å². The molecule has 0 bridgehead atoms. The van der Waals surface area contributed by atoms with Crippen LogP contribution in [-0.4, -0.2) is 106 Å². The van der Waals surface area contributed by atoms with E-state index in [-0.39, 0.29) is 5.82 Å². The second-order valence-electron chi connectivity index (χ2n) is 7.44. The number of methoxy groups -OCH3 is 1. The second-order valence-corrected chi connectivity index (χ2v) is 12.1. The Morgan fingerprint density at radius 3 is 2.35 bits per heavy atom. The molecule has 1 aromatic rings. The van der Waals surface area contributed by atoms with Crippen molar-refractivity contribution < 1.29 is 76.5 Å². The van der Waals surface area contributed by atoms with Crippen molar-refractivity contribution in [2.75, 3.05) is 26.1 Å². The van der Waals surface area contributed by atoms with Crippen LogP contribution in [0.5, 0.6) is 0 Å². The van der Waals surface area contributed by atoms with Crippen molar-refractivity contribution in [3.63, 3.8) is 0 Å². The molecule has 0 saturated carbocycles. The van der Waals surface area contributed by atoms with Gasteiger partial charge in [0.1, 0.15) is 36.3 Å². The number of nitrogens with zero attached hydrogens (tertiary/aromatic N) is 2. The number of hydrogen-bond donors (Lipinski definition) is 9. The normalized spacial score (nSPS) is 28.2. The van der Waals surface area contributed by atoms with Crippen LogP contribution in [0.4, 0.5) is 5.82 Å². The molecule has 214 valence electrons. The average molecular weight is 601 g/mol. The van der Waals surface area contributed by atoms with Gasteiger partial charge in [-0.3, -0.25) is 13.7 Å². The molecule has 1 saturated heterocycles. The molecule has 9 atom stereocenters. The van der Waals surface area contributed by atoms with E-state index in [0.717, 1.165) is 19.4 Å². The van der Waals surface area contributed by atoms with Gasteiger partial charge in [0.05, 0.1) is 13.2 Å².